The molecular formula is C15H20N4O3S2. The third-order valence-corrected chi connectivity index (χ3v) is 7.92. The molecule has 7 nitrogen and oxygen atoms in total. The first kappa shape index (κ1) is 16.2. The van der Waals surface area contributed by atoms with Crippen LogP contribution in [0, 0.1) is 18.8 Å². The number of oxazole rings is 1. The molecule has 9 heteroatoms. The van der Waals surface area contributed by atoms with Gasteiger partial charge in [0.1, 0.15) is 0 Å². The van der Waals surface area contributed by atoms with E-state index in [-0.39, 0.29) is 5.09 Å². The van der Waals surface area contributed by atoms with Crippen LogP contribution in [0.3, 0.4) is 0 Å². The van der Waals surface area contributed by atoms with Gasteiger partial charge in [-0.25, -0.2) is 18.4 Å². The van der Waals surface area contributed by atoms with Gasteiger partial charge in [0.15, 0.2) is 11.0 Å². The molecule has 3 heterocycles. The van der Waals surface area contributed by atoms with Crippen molar-refractivity contribution in [1.29, 1.82) is 0 Å². The van der Waals surface area contributed by atoms with Crippen LogP contribution in [-0.4, -0.2) is 45.6 Å². The number of nitrogens with zero attached hydrogens (tertiary/aromatic N) is 4. The summed E-state index contributed by atoms with van der Waals surface area (Å²) < 4.78 is 34.1. The minimum atomic E-state index is -3.55. The van der Waals surface area contributed by atoms with Crippen LogP contribution in [0.4, 0.5) is 0 Å². The second kappa shape index (κ2) is 5.89. The summed E-state index contributed by atoms with van der Waals surface area (Å²) in [5.41, 5.74) is 0. The van der Waals surface area contributed by atoms with E-state index in [0.29, 0.717) is 36.1 Å². The molecule has 0 radical (unpaired) electrons. The second-order valence-corrected chi connectivity index (χ2v) is 9.71. The van der Waals surface area contributed by atoms with E-state index in [1.54, 1.807) is 23.0 Å². The van der Waals surface area contributed by atoms with Crippen molar-refractivity contribution in [2.24, 2.45) is 18.9 Å². The number of rotatable bonds is 4. The van der Waals surface area contributed by atoms with Crippen LogP contribution in [0.5, 0.6) is 0 Å². The molecule has 2 aromatic rings. The Morgan fingerprint density at radius 1 is 1.25 bits per heavy atom. The Morgan fingerprint density at radius 3 is 2.50 bits per heavy atom. The standard InChI is InChI=1S/C15H20N4O3S2/c1-10-17-7-14(22-10)24(20,21)19-8-11-5-13(6-12(11)9-19)23-15-16-3-4-18(15)2/h3-4,7,11-13H,5-6,8-9H2,1-2H3/t11-,12+,13+. The maximum Gasteiger partial charge on any atom is 0.278 e. The molecule has 2 fully saturated rings. The number of aryl methyl sites for hydroxylation is 2. The molecular weight excluding hydrogens is 348 g/mol. The maximum absolute atomic E-state index is 12.6. The van der Waals surface area contributed by atoms with E-state index in [2.05, 4.69) is 9.97 Å². The Hall–Kier alpha value is -1.32. The van der Waals surface area contributed by atoms with Gasteiger partial charge in [-0.1, -0.05) is 11.8 Å². The third-order valence-electron chi connectivity index (χ3n) is 4.92. The quantitative estimate of drug-likeness (QED) is 0.820. The predicted octanol–water partition coefficient (Wildman–Crippen LogP) is 1.91. The van der Waals surface area contributed by atoms with E-state index in [1.165, 1.54) is 6.20 Å². The van der Waals surface area contributed by atoms with Crippen LogP contribution in [0.1, 0.15) is 18.7 Å². The van der Waals surface area contributed by atoms with Crippen molar-refractivity contribution in [1.82, 2.24) is 18.8 Å². The summed E-state index contributed by atoms with van der Waals surface area (Å²) in [5.74, 6) is 1.21. The highest BCUT2D eigenvalue weighted by Gasteiger charge is 2.46. The van der Waals surface area contributed by atoms with Crippen LogP contribution < -0.4 is 0 Å². The van der Waals surface area contributed by atoms with Crippen LogP contribution in [0.15, 0.2) is 33.3 Å². The largest absolute Gasteiger partial charge is 0.428 e. The highest BCUT2D eigenvalue weighted by atomic mass is 32.2. The van der Waals surface area contributed by atoms with Gasteiger partial charge in [0.2, 0.25) is 0 Å². The molecule has 1 aliphatic carbocycles. The summed E-state index contributed by atoms with van der Waals surface area (Å²) in [6.45, 7) is 2.80. The van der Waals surface area contributed by atoms with Crippen LogP contribution in [0.25, 0.3) is 0 Å². The first-order valence-corrected chi connectivity index (χ1v) is 10.3. The fourth-order valence-corrected chi connectivity index (χ4v) is 6.47. The number of hydrogen-bond acceptors (Lipinski definition) is 6. The zero-order chi connectivity index (χ0) is 16.9. The highest BCUT2D eigenvalue weighted by molar-refractivity contribution is 7.99. The Morgan fingerprint density at radius 2 is 1.96 bits per heavy atom. The van der Waals surface area contributed by atoms with Crippen LogP contribution in [-0.2, 0) is 17.1 Å². The van der Waals surface area contributed by atoms with Gasteiger partial charge in [-0.05, 0) is 24.7 Å². The summed E-state index contributed by atoms with van der Waals surface area (Å²) in [6.07, 6.45) is 7.13. The predicted molar refractivity (Wildman–Crippen MR) is 89.1 cm³/mol. The zero-order valence-electron chi connectivity index (χ0n) is 13.6. The lowest BCUT2D eigenvalue weighted by Gasteiger charge is -2.17. The molecule has 24 heavy (non-hydrogen) atoms. The Labute approximate surface area is 145 Å². The molecule has 0 aromatic carbocycles. The number of aromatic nitrogens is 3. The molecule has 0 spiro atoms. The maximum atomic E-state index is 12.6. The van der Waals surface area contributed by atoms with Crippen molar-refractivity contribution in [2.75, 3.05) is 13.1 Å². The minimum absolute atomic E-state index is 0.0427. The second-order valence-electron chi connectivity index (χ2n) is 6.57. The van der Waals surface area contributed by atoms with Crippen molar-refractivity contribution in [2.45, 2.75) is 35.3 Å². The monoisotopic (exact) mass is 368 g/mol. The highest BCUT2D eigenvalue weighted by Crippen LogP contribution is 2.45. The molecule has 0 unspecified atom stereocenters. The van der Waals surface area contributed by atoms with E-state index in [4.69, 9.17) is 4.42 Å². The summed E-state index contributed by atoms with van der Waals surface area (Å²) in [4.78, 5) is 8.27. The van der Waals surface area contributed by atoms with Crippen molar-refractivity contribution in [3.63, 3.8) is 0 Å². The van der Waals surface area contributed by atoms with Gasteiger partial charge in [-0.15, -0.1) is 0 Å². The topological polar surface area (TPSA) is 81.2 Å². The normalized spacial score (nSPS) is 27.7. The molecule has 2 aromatic heterocycles. The van der Waals surface area contributed by atoms with Crippen LogP contribution in [0.2, 0.25) is 0 Å². The average molecular weight is 368 g/mol. The van der Waals surface area contributed by atoms with E-state index < -0.39 is 10.0 Å². The van der Waals surface area contributed by atoms with Gasteiger partial charge < -0.3 is 8.98 Å². The first-order chi connectivity index (χ1) is 11.4. The van der Waals surface area contributed by atoms with Gasteiger partial charge in [0.05, 0.1) is 6.20 Å². The van der Waals surface area contributed by atoms with Gasteiger partial charge in [-0.3, -0.25) is 0 Å². The molecule has 4 rings (SSSR count). The first-order valence-electron chi connectivity index (χ1n) is 8.00. The molecule has 0 bridgehead atoms. The molecule has 0 N–H and O–H groups in total. The van der Waals surface area contributed by atoms with Crippen molar-refractivity contribution in [3.05, 3.63) is 24.5 Å². The number of imidazole rings is 1. The Balaban J connectivity index is 1.42. The van der Waals surface area contributed by atoms with Gasteiger partial charge in [0, 0.05) is 44.7 Å². The van der Waals surface area contributed by atoms with Crippen molar-refractivity contribution < 1.29 is 12.8 Å². The van der Waals surface area contributed by atoms with Gasteiger partial charge in [-0.2, -0.15) is 4.31 Å². The number of sulfonamides is 1. The number of fused-ring (bicyclic) bond motifs is 1. The number of hydrogen-bond donors (Lipinski definition) is 0. The lowest BCUT2D eigenvalue weighted by atomic mass is 10.0. The fourth-order valence-electron chi connectivity index (χ4n) is 3.70. The molecule has 3 atom stereocenters. The smallest absolute Gasteiger partial charge is 0.278 e. The van der Waals surface area contributed by atoms with Crippen molar-refractivity contribution >= 4 is 21.8 Å². The number of thioether (sulfide) groups is 1. The molecule has 1 aliphatic heterocycles. The Bertz CT molecular complexity index is 831. The van der Waals surface area contributed by atoms with Crippen LogP contribution >= 0.6 is 11.8 Å². The van der Waals surface area contributed by atoms with Crippen molar-refractivity contribution in [3.8, 4) is 0 Å². The SMILES string of the molecule is Cc1ncc(S(=O)(=O)N2C[C@H]3C[C@H](Sc4nccn4C)C[C@H]3C2)o1. The molecule has 1 saturated heterocycles. The molecule has 130 valence electrons. The summed E-state index contributed by atoms with van der Waals surface area (Å²) in [6, 6.07) is 0. The van der Waals surface area contributed by atoms with E-state index in [1.807, 2.05) is 24.0 Å². The molecule has 2 aliphatic rings. The lowest BCUT2D eigenvalue weighted by Crippen LogP contribution is -2.30. The van der Waals surface area contributed by atoms with Gasteiger partial charge >= 0.3 is 0 Å². The van der Waals surface area contributed by atoms with E-state index >= 15 is 0 Å². The molecule has 1 saturated carbocycles. The summed E-state index contributed by atoms with van der Waals surface area (Å²) >= 11 is 1.81. The fraction of sp³-hybridized carbons (Fsp3) is 0.600. The average Bonchev–Trinajstić information content (AvgIpc) is 3.25. The minimum Gasteiger partial charge on any atom is -0.428 e. The summed E-state index contributed by atoms with van der Waals surface area (Å²) in [5, 5.41) is 1.50. The van der Waals surface area contributed by atoms with E-state index in [9.17, 15) is 8.42 Å². The third kappa shape index (κ3) is 2.78. The van der Waals surface area contributed by atoms with E-state index in [0.717, 1.165) is 18.0 Å². The molecule has 0 amide bonds. The van der Waals surface area contributed by atoms with Gasteiger partial charge in [0.25, 0.3) is 15.1 Å². The zero-order valence-corrected chi connectivity index (χ0v) is 15.3. The Kier molecular flexibility index (Phi) is 3.97. The lowest BCUT2D eigenvalue weighted by molar-refractivity contribution is 0.386. The summed E-state index contributed by atoms with van der Waals surface area (Å²) in [7, 11) is -1.55.